The van der Waals surface area contributed by atoms with Crippen LogP contribution in [0.2, 0.25) is 0 Å². The van der Waals surface area contributed by atoms with Gasteiger partial charge in [0, 0.05) is 24.8 Å². The summed E-state index contributed by atoms with van der Waals surface area (Å²) in [7, 11) is 0. The summed E-state index contributed by atoms with van der Waals surface area (Å²) in [5.74, 6) is -0.219. The average Bonchev–Trinajstić information content (AvgIpc) is 3.13. The minimum absolute atomic E-state index is 0.132. The standard InChI is InChI=1S/C20H28N4O5/c1-20(2,3)29-19(27)23-10-7-5-4-6-9-21-16-12-14(8-11-22-16)17-24-15(13-28-17)18(25)26/h8,11-13H,4-7,9-10H2,1-3H3,(H,21,22)(H,23,27)(H,25,26). The second-order valence-electron chi connectivity index (χ2n) is 7.54. The molecule has 0 saturated carbocycles. The van der Waals surface area contributed by atoms with E-state index in [1.54, 1.807) is 18.3 Å². The van der Waals surface area contributed by atoms with Crippen LogP contribution < -0.4 is 10.6 Å². The van der Waals surface area contributed by atoms with Gasteiger partial charge in [0.25, 0.3) is 0 Å². The number of carboxylic acids is 1. The van der Waals surface area contributed by atoms with Crippen molar-refractivity contribution < 1.29 is 23.8 Å². The van der Waals surface area contributed by atoms with Crippen LogP contribution in [-0.2, 0) is 4.74 Å². The summed E-state index contributed by atoms with van der Waals surface area (Å²) in [5.41, 5.74) is 0.0443. The van der Waals surface area contributed by atoms with Gasteiger partial charge >= 0.3 is 12.1 Å². The third-order valence-corrected chi connectivity index (χ3v) is 3.81. The number of unbranched alkanes of at least 4 members (excludes halogenated alkanes) is 3. The van der Waals surface area contributed by atoms with Crippen LogP contribution in [0.5, 0.6) is 0 Å². The maximum Gasteiger partial charge on any atom is 0.407 e. The maximum atomic E-state index is 11.5. The number of aromatic nitrogens is 2. The molecule has 2 aromatic heterocycles. The number of nitrogens with one attached hydrogen (secondary N) is 2. The number of alkyl carbamates (subject to hydrolysis) is 1. The quantitative estimate of drug-likeness (QED) is 0.508. The highest BCUT2D eigenvalue weighted by Crippen LogP contribution is 2.20. The van der Waals surface area contributed by atoms with E-state index in [1.165, 1.54) is 0 Å². The Hall–Kier alpha value is -3.10. The molecule has 0 bridgehead atoms. The van der Waals surface area contributed by atoms with E-state index in [2.05, 4.69) is 20.6 Å². The van der Waals surface area contributed by atoms with Gasteiger partial charge in [0.2, 0.25) is 5.89 Å². The van der Waals surface area contributed by atoms with Crippen LogP contribution in [0.4, 0.5) is 10.6 Å². The van der Waals surface area contributed by atoms with E-state index >= 15 is 0 Å². The lowest BCUT2D eigenvalue weighted by molar-refractivity contribution is 0.0526. The van der Waals surface area contributed by atoms with Gasteiger partial charge in [-0.1, -0.05) is 12.8 Å². The summed E-state index contributed by atoms with van der Waals surface area (Å²) in [4.78, 5) is 30.6. The van der Waals surface area contributed by atoms with E-state index in [9.17, 15) is 9.59 Å². The molecular weight excluding hydrogens is 376 g/mol. The number of carbonyl (C=O) groups excluding carboxylic acids is 1. The number of nitrogens with zero attached hydrogens (tertiary/aromatic N) is 2. The van der Waals surface area contributed by atoms with Crippen LogP contribution in [0.3, 0.4) is 0 Å². The summed E-state index contributed by atoms with van der Waals surface area (Å²) in [5, 5.41) is 14.9. The molecule has 29 heavy (non-hydrogen) atoms. The van der Waals surface area contributed by atoms with E-state index in [4.69, 9.17) is 14.3 Å². The number of rotatable bonds is 10. The van der Waals surface area contributed by atoms with Crippen molar-refractivity contribution in [2.24, 2.45) is 0 Å². The molecule has 9 heteroatoms. The molecule has 0 saturated heterocycles. The van der Waals surface area contributed by atoms with Gasteiger partial charge in [-0.15, -0.1) is 0 Å². The fourth-order valence-corrected chi connectivity index (χ4v) is 2.49. The second-order valence-corrected chi connectivity index (χ2v) is 7.54. The van der Waals surface area contributed by atoms with Crippen molar-refractivity contribution in [1.29, 1.82) is 0 Å². The molecule has 158 valence electrons. The molecule has 2 rings (SSSR count). The van der Waals surface area contributed by atoms with Crippen molar-refractivity contribution in [3.63, 3.8) is 0 Å². The first-order valence-electron chi connectivity index (χ1n) is 9.60. The molecule has 0 aliphatic rings. The Bertz CT molecular complexity index is 813. The number of amides is 1. The SMILES string of the molecule is CC(C)(C)OC(=O)NCCCCCCNc1cc(-c2nc(C(=O)O)co2)ccn1. The molecule has 0 aliphatic heterocycles. The first-order chi connectivity index (χ1) is 13.7. The van der Waals surface area contributed by atoms with Crippen LogP contribution in [0, 0.1) is 0 Å². The molecular formula is C20H28N4O5. The highest BCUT2D eigenvalue weighted by atomic mass is 16.6. The van der Waals surface area contributed by atoms with Gasteiger partial charge in [-0.3, -0.25) is 0 Å². The highest BCUT2D eigenvalue weighted by Gasteiger charge is 2.15. The van der Waals surface area contributed by atoms with E-state index in [0.29, 0.717) is 17.9 Å². The van der Waals surface area contributed by atoms with Crippen molar-refractivity contribution in [1.82, 2.24) is 15.3 Å². The Balaban J connectivity index is 1.63. The second kappa shape index (κ2) is 10.4. The van der Waals surface area contributed by atoms with Gasteiger partial charge in [-0.05, 0) is 45.7 Å². The monoisotopic (exact) mass is 404 g/mol. The first kappa shape index (κ1) is 22.2. The molecule has 2 aromatic rings. The van der Waals surface area contributed by atoms with Gasteiger partial charge in [-0.25, -0.2) is 19.6 Å². The van der Waals surface area contributed by atoms with Crippen molar-refractivity contribution in [3.05, 3.63) is 30.3 Å². The number of pyridine rings is 1. The minimum Gasteiger partial charge on any atom is -0.476 e. The van der Waals surface area contributed by atoms with Gasteiger partial charge in [0.05, 0.1) is 0 Å². The zero-order chi connectivity index (χ0) is 21.3. The van der Waals surface area contributed by atoms with Crippen LogP contribution in [0.25, 0.3) is 11.5 Å². The number of ether oxygens (including phenoxy) is 1. The lowest BCUT2D eigenvalue weighted by Crippen LogP contribution is -2.32. The van der Waals surface area contributed by atoms with Crippen LogP contribution >= 0.6 is 0 Å². The van der Waals surface area contributed by atoms with Crippen molar-refractivity contribution >= 4 is 17.9 Å². The number of carbonyl (C=O) groups is 2. The predicted octanol–water partition coefficient (Wildman–Crippen LogP) is 3.93. The molecule has 0 aliphatic carbocycles. The van der Waals surface area contributed by atoms with Crippen molar-refractivity contribution in [2.45, 2.75) is 52.1 Å². The molecule has 0 unspecified atom stereocenters. The molecule has 3 N–H and O–H groups in total. The first-order valence-corrected chi connectivity index (χ1v) is 9.60. The van der Waals surface area contributed by atoms with Crippen LogP contribution in [0.15, 0.2) is 29.0 Å². The Labute approximate surface area is 169 Å². The highest BCUT2D eigenvalue weighted by molar-refractivity contribution is 5.85. The number of aromatic carboxylic acids is 1. The molecule has 2 heterocycles. The maximum absolute atomic E-state index is 11.5. The third kappa shape index (κ3) is 8.20. The van der Waals surface area contributed by atoms with Gasteiger partial charge in [0.15, 0.2) is 5.69 Å². The summed E-state index contributed by atoms with van der Waals surface area (Å²) in [6.45, 7) is 6.86. The zero-order valence-corrected chi connectivity index (χ0v) is 17.0. The summed E-state index contributed by atoms with van der Waals surface area (Å²) >= 11 is 0. The summed E-state index contributed by atoms with van der Waals surface area (Å²) in [6.07, 6.45) is 6.22. The number of carboxylic acid groups (broad SMARTS) is 1. The number of hydrogen-bond acceptors (Lipinski definition) is 7. The number of hydrogen-bond donors (Lipinski definition) is 3. The van der Waals surface area contributed by atoms with E-state index in [1.807, 2.05) is 20.8 Å². The lowest BCUT2D eigenvalue weighted by atomic mass is 10.2. The zero-order valence-electron chi connectivity index (χ0n) is 17.0. The van der Waals surface area contributed by atoms with Gasteiger partial charge in [-0.2, -0.15) is 0 Å². The van der Waals surface area contributed by atoms with E-state index < -0.39 is 11.6 Å². The lowest BCUT2D eigenvalue weighted by Gasteiger charge is -2.19. The Morgan fingerprint density at radius 2 is 1.90 bits per heavy atom. The summed E-state index contributed by atoms with van der Waals surface area (Å²) in [6, 6.07) is 3.47. The molecule has 0 spiro atoms. The number of anilines is 1. The van der Waals surface area contributed by atoms with Crippen LogP contribution in [-0.4, -0.2) is 45.8 Å². The predicted molar refractivity (Wildman–Crippen MR) is 108 cm³/mol. The van der Waals surface area contributed by atoms with Crippen molar-refractivity contribution in [2.75, 3.05) is 18.4 Å². The number of oxazole rings is 1. The Kier molecular flexibility index (Phi) is 7.99. The van der Waals surface area contributed by atoms with Gasteiger partial charge in [0.1, 0.15) is 17.7 Å². The summed E-state index contributed by atoms with van der Waals surface area (Å²) < 4.78 is 10.4. The minimum atomic E-state index is -1.13. The normalized spacial score (nSPS) is 11.1. The third-order valence-electron chi connectivity index (χ3n) is 3.81. The fraction of sp³-hybridized carbons (Fsp3) is 0.500. The molecule has 1 amide bonds. The van der Waals surface area contributed by atoms with Crippen LogP contribution in [0.1, 0.15) is 56.9 Å². The fourth-order valence-electron chi connectivity index (χ4n) is 2.49. The molecule has 0 atom stereocenters. The van der Waals surface area contributed by atoms with E-state index in [0.717, 1.165) is 38.5 Å². The van der Waals surface area contributed by atoms with Crippen molar-refractivity contribution in [3.8, 4) is 11.5 Å². The molecule has 0 fully saturated rings. The smallest absolute Gasteiger partial charge is 0.407 e. The Morgan fingerprint density at radius 1 is 1.17 bits per heavy atom. The topological polar surface area (TPSA) is 127 Å². The molecule has 0 radical (unpaired) electrons. The molecule has 9 nitrogen and oxygen atoms in total. The average molecular weight is 404 g/mol. The molecule has 0 aromatic carbocycles. The Morgan fingerprint density at radius 3 is 2.55 bits per heavy atom. The van der Waals surface area contributed by atoms with E-state index in [-0.39, 0.29) is 17.7 Å². The van der Waals surface area contributed by atoms with Gasteiger partial charge < -0.3 is 24.9 Å². The largest absolute Gasteiger partial charge is 0.476 e.